The SMILES string of the molecule is CCC(C)n1ccc(CC(C)(O)C(C)OC)n1. The summed E-state index contributed by atoms with van der Waals surface area (Å²) < 4.78 is 7.13. The van der Waals surface area contributed by atoms with Gasteiger partial charge in [-0.1, -0.05) is 6.92 Å². The molecule has 17 heavy (non-hydrogen) atoms. The van der Waals surface area contributed by atoms with Gasteiger partial charge in [-0.2, -0.15) is 5.10 Å². The zero-order chi connectivity index (χ0) is 13.1. The molecule has 1 aromatic rings. The highest BCUT2D eigenvalue weighted by Gasteiger charge is 2.29. The molecule has 0 spiro atoms. The Kier molecular flexibility index (Phi) is 4.71. The van der Waals surface area contributed by atoms with Crippen molar-refractivity contribution >= 4 is 0 Å². The fourth-order valence-corrected chi connectivity index (χ4v) is 1.67. The van der Waals surface area contributed by atoms with Gasteiger partial charge in [-0.25, -0.2) is 0 Å². The number of hydrogen-bond acceptors (Lipinski definition) is 3. The van der Waals surface area contributed by atoms with Crippen molar-refractivity contribution < 1.29 is 9.84 Å². The van der Waals surface area contributed by atoms with Crippen molar-refractivity contribution in [1.82, 2.24) is 9.78 Å². The number of aromatic nitrogens is 2. The predicted octanol–water partition coefficient (Wildman–Crippen LogP) is 2.18. The summed E-state index contributed by atoms with van der Waals surface area (Å²) in [5, 5.41) is 14.8. The van der Waals surface area contributed by atoms with E-state index in [0.717, 1.165) is 12.1 Å². The van der Waals surface area contributed by atoms with Gasteiger partial charge in [0.1, 0.15) is 0 Å². The molecule has 1 heterocycles. The largest absolute Gasteiger partial charge is 0.387 e. The van der Waals surface area contributed by atoms with Gasteiger partial charge < -0.3 is 9.84 Å². The van der Waals surface area contributed by atoms with Crippen molar-refractivity contribution in [3.05, 3.63) is 18.0 Å². The van der Waals surface area contributed by atoms with Gasteiger partial charge in [0.15, 0.2) is 0 Å². The fourth-order valence-electron chi connectivity index (χ4n) is 1.67. The van der Waals surface area contributed by atoms with Crippen molar-refractivity contribution in [2.75, 3.05) is 7.11 Å². The van der Waals surface area contributed by atoms with Gasteiger partial charge in [0.25, 0.3) is 0 Å². The van der Waals surface area contributed by atoms with Gasteiger partial charge in [-0.05, 0) is 33.3 Å². The average molecular weight is 240 g/mol. The molecule has 0 radical (unpaired) electrons. The van der Waals surface area contributed by atoms with Crippen molar-refractivity contribution in [1.29, 1.82) is 0 Å². The first kappa shape index (κ1) is 14.2. The minimum Gasteiger partial charge on any atom is -0.387 e. The zero-order valence-electron chi connectivity index (χ0n) is 11.5. The van der Waals surface area contributed by atoms with E-state index in [-0.39, 0.29) is 6.10 Å². The van der Waals surface area contributed by atoms with Crippen LogP contribution >= 0.6 is 0 Å². The number of rotatable bonds is 6. The summed E-state index contributed by atoms with van der Waals surface area (Å²) in [6.45, 7) is 7.91. The molecule has 3 unspecified atom stereocenters. The summed E-state index contributed by atoms with van der Waals surface area (Å²) in [7, 11) is 1.61. The maximum Gasteiger partial charge on any atom is 0.0933 e. The van der Waals surface area contributed by atoms with Crippen molar-refractivity contribution in [3.8, 4) is 0 Å². The lowest BCUT2D eigenvalue weighted by molar-refractivity contribution is -0.0721. The molecular weight excluding hydrogens is 216 g/mol. The van der Waals surface area contributed by atoms with Crippen molar-refractivity contribution in [2.24, 2.45) is 0 Å². The standard InChI is InChI=1S/C13H24N2O2/c1-6-10(2)15-8-7-12(14-15)9-13(4,16)11(3)17-5/h7-8,10-11,16H,6,9H2,1-5H3. The second-order valence-corrected chi connectivity index (χ2v) is 4.96. The van der Waals surface area contributed by atoms with E-state index in [0.29, 0.717) is 12.5 Å². The van der Waals surface area contributed by atoms with Crippen LogP contribution in [0.1, 0.15) is 45.9 Å². The Hall–Kier alpha value is -0.870. The second-order valence-electron chi connectivity index (χ2n) is 4.96. The molecule has 0 bridgehead atoms. The molecule has 0 saturated heterocycles. The number of nitrogens with zero attached hydrogens (tertiary/aromatic N) is 2. The second kappa shape index (κ2) is 5.65. The van der Waals surface area contributed by atoms with Crippen LogP contribution in [0.3, 0.4) is 0 Å². The van der Waals surface area contributed by atoms with Crippen LogP contribution in [0, 0.1) is 0 Å². The number of aliphatic hydroxyl groups is 1. The fraction of sp³-hybridized carbons (Fsp3) is 0.769. The molecule has 98 valence electrons. The van der Waals surface area contributed by atoms with E-state index >= 15 is 0 Å². The van der Waals surface area contributed by atoms with Gasteiger partial charge in [0, 0.05) is 25.8 Å². The average Bonchev–Trinajstić information content (AvgIpc) is 2.74. The Morgan fingerprint density at radius 3 is 2.71 bits per heavy atom. The first-order valence-electron chi connectivity index (χ1n) is 6.20. The summed E-state index contributed by atoms with van der Waals surface area (Å²) in [5.41, 5.74) is 0.0165. The van der Waals surface area contributed by atoms with Gasteiger partial charge in [0.2, 0.25) is 0 Å². The van der Waals surface area contributed by atoms with E-state index in [9.17, 15) is 5.11 Å². The quantitative estimate of drug-likeness (QED) is 0.829. The molecule has 0 saturated carbocycles. The minimum atomic E-state index is -0.886. The molecule has 3 atom stereocenters. The Labute approximate surface area is 104 Å². The first-order chi connectivity index (χ1) is 7.90. The van der Waals surface area contributed by atoms with E-state index < -0.39 is 5.60 Å². The van der Waals surface area contributed by atoms with Crippen LogP contribution in [0.5, 0.6) is 0 Å². The summed E-state index contributed by atoms with van der Waals surface area (Å²) in [4.78, 5) is 0. The summed E-state index contributed by atoms with van der Waals surface area (Å²) in [6.07, 6.45) is 3.31. The molecule has 0 aliphatic rings. The van der Waals surface area contributed by atoms with Crippen LogP contribution in [0.2, 0.25) is 0 Å². The van der Waals surface area contributed by atoms with Gasteiger partial charge >= 0.3 is 0 Å². The van der Waals surface area contributed by atoms with Crippen LogP contribution in [0.15, 0.2) is 12.3 Å². The highest BCUT2D eigenvalue weighted by atomic mass is 16.5. The highest BCUT2D eigenvalue weighted by molar-refractivity contribution is 5.05. The molecular formula is C13H24N2O2. The predicted molar refractivity (Wildman–Crippen MR) is 68.0 cm³/mol. The lowest BCUT2D eigenvalue weighted by Gasteiger charge is -2.28. The number of methoxy groups -OCH3 is 1. The van der Waals surface area contributed by atoms with E-state index in [4.69, 9.17) is 4.74 Å². The molecule has 4 heteroatoms. The summed E-state index contributed by atoms with van der Waals surface area (Å²) in [5.74, 6) is 0. The summed E-state index contributed by atoms with van der Waals surface area (Å²) >= 11 is 0. The molecule has 0 aliphatic carbocycles. The monoisotopic (exact) mass is 240 g/mol. The van der Waals surface area contributed by atoms with E-state index in [1.54, 1.807) is 14.0 Å². The van der Waals surface area contributed by atoms with Crippen molar-refractivity contribution in [3.63, 3.8) is 0 Å². The lowest BCUT2D eigenvalue weighted by Crippen LogP contribution is -2.40. The first-order valence-corrected chi connectivity index (χ1v) is 6.20. The van der Waals surface area contributed by atoms with Crippen LogP contribution in [0.25, 0.3) is 0 Å². The molecule has 0 amide bonds. The maximum absolute atomic E-state index is 10.3. The molecule has 4 nitrogen and oxygen atoms in total. The third-order valence-electron chi connectivity index (χ3n) is 3.47. The van der Waals surface area contributed by atoms with Crippen LogP contribution < -0.4 is 0 Å². The van der Waals surface area contributed by atoms with Gasteiger partial charge in [-0.3, -0.25) is 4.68 Å². The van der Waals surface area contributed by atoms with Crippen LogP contribution in [-0.4, -0.2) is 33.7 Å². The Balaban J connectivity index is 2.72. The number of ether oxygens (including phenoxy) is 1. The van der Waals surface area contributed by atoms with Crippen LogP contribution in [-0.2, 0) is 11.2 Å². The normalized spacial score (nSPS) is 18.7. The van der Waals surface area contributed by atoms with Crippen LogP contribution in [0.4, 0.5) is 0 Å². The van der Waals surface area contributed by atoms with Gasteiger partial charge in [0.05, 0.1) is 17.4 Å². The van der Waals surface area contributed by atoms with E-state index in [1.165, 1.54) is 0 Å². The van der Waals surface area contributed by atoms with E-state index in [1.807, 2.05) is 23.9 Å². The Morgan fingerprint density at radius 2 is 2.18 bits per heavy atom. The molecule has 1 rings (SSSR count). The maximum atomic E-state index is 10.3. The highest BCUT2D eigenvalue weighted by Crippen LogP contribution is 2.19. The van der Waals surface area contributed by atoms with Gasteiger partial charge in [-0.15, -0.1) is 0 Å². The molecule has 1 aromatic heterocycles. The Bertz CT molecular complexity index is 347. The Morgan fingerprint density at radius 1 is 1.53 bits per heavy atom. The molecule has 0 fully saturated rings. The van der Waals surface area contributed by atoms with Crippen molar-refractivity contribution in [2.45, 2.75) is 58.3 Å². The smallest absolute Gasteiger partial charge is 0.0933 e. The topological polar surface area (TPSA) is 47.3 Å². The molecule has 0 aliphatic heterocycles. The summed E-state index contributed by atoms with van der Waals surface area (Å²) in [6, 6.07) is 2.36. The third-order valence-corrected chi connectivity index (χ3v) is 3.47. The molecule has 1 N–H and O–H groups in total. The zero-order valence-corrected chi connectivity index (χ0v) is 11.5. The minimum absolute atomic E-state index is 0.212. The number of hydrogen-bond donors (Lipinski definition) is 1. The van der Waals surface area contributed by atoms with E-state index in [2.05, 4.69) is 18.9 Å². The molecule has 0 aromatic carbocycles. The lowest BCUT2D eigenvalue weighted by atomic mass is 9.94. The third kappa shape index (κ3) is 3.54.